The molecular formula is C14H19NO. The number of fused-ring (bicyclic) bond motifs is 1. The summed E-state index contributed by atoms with van der Waals surface area (Å²) in [6.07, 6.45) is 4.30. The molecule has 0 bridgehead atoms. The van der Waals surface area contributed by atoms with Gasteiger partial charge in [0.1, 0.15) is 0 Å². The second-order valence-corrected chi connectivity index (χ2v) is 4.68. The lowest BCUT2D eigenvalue weighted by Gasteiger charge is -2.10. The molecule has 2 nitrogen and oxygen atoms in total. The molecule has 2 rings (SSSR count). The molecule has 0 radical (unpaired) electrons. The molecule has 2 N–H and O–H groups in total. The quantitative estimate of drug-likeness (QED) is 0.787. The van der Waals surface area contributed by atoms with Gasteiger partial charge in [-0.3, -0.25) is 4.79 Å². The van der Waals surface area contributed by atoms with Crippen molar-refractivity contribution in [3.05, 3.63) is 34.9 Å². The van der Waals surface area contributed by atoms with Crippen LogP contribution in [0.3, 0.4) is 0 Å². The molecule has 1 aromatic carbocycles. The Morgan fingerprint density at radius 1 is 1.38 bits per heavy atom. The summed E-state index contributed by atoms with van der Waals surface area (Å²) in [5, 5.41) is 0. The minimum atomic E-state index is 0.0458. The normalized spacial score (nSPS) is 15.9. The van der Waals surface area contributed by atoms with Crippen molar-refractivity contribution >= 4 is 5.78 Å². The third-order valence-electron chi connectivity index (χ3n) is 3.43. The van der Waals surface area contributed by atoms with Gasteiger partial charge < -0.3 is 5.73 Å². The van der Waals surface area contributed by atoms with E-state index in [1.54, 1.807) is 0 Å². The predicted octanol–water partition coefficient (Wildman–Crippen LogP) is 2.34. The van der Waals surface area contributed by atoms with E-state index in [0.717, 1.165) is 18.4 Å². The van der Waals surface area contributed by atoms with Crippen LogP contribution in [-0.4, -0.2) is 12.3 Å². The molecule has 0 saturated heterocycles. The van der Waals surface area contributed by atoms with Crippen molar-refractivity contribution in [2.24, 2.45) is 11.7 Å². The molecule has 0 heterocycles. The van der Waals surface area contributed by atoms with Gasteiger partial charge in [0.2, 0.25) is 0 Å². The molecule has 2 heteroatoms. The number of hydrogen-bond acceptors (Lipinski definition) is 2. The van der Waals surface area contributed by atoms with E-state index in [0.29, 0.717) is 6.54 Å². The molecule has 86 valence electrons. The molecule has 0 spiro atoms. The van der Waals surface area contributed by atoms with Crippen LogP contribution in [0.15, 0.2) is 18.2 Å². The molecule has 0 amide bonds. The Kier molecular flexibility index (Phi) is 3.39. The molecule has 0 saturated carbocycles. The van der Waals surface area contributed by atoms with Crippen molar-refractivity contribution in [1.82, 2.24) is 0 Å². The van der Waals surface area contributed by atoms with Crippen LogP contribution in [-0.2, 0) is 12.8 Å². The van der Waals surface area contributed by atoms with E-state index >= 15 is 0 Å². The van der Waals surface area contributed by atoms with E-state index in [1.807, 2.05) is 13.0 Å². The fourth-order valence-corrected chi connectivity index (χ4v) is 2.39. The van der Waals surface area contributed by atoms with Gasteiger partial charge in [-0.25, -0.2) is 0 Å². The summed E-state index contributed by atoms with van der Waals surface area (Å²) in [6, 6.07) is 6.17. The number of nitrogens with two attached hydrogens (primary N) is 1. The fourth-order valence-electron chi connectivity index (χ4n) is 2.39. The average Bonchev–Trinajstić information content (AvgIpc) is 2.75. The number of Topliss-reactive ketones (excluding diaryl/α,β-unsaturated/α-hetero) is 1. The molecule has 0 aromatic heterocycles. The number of carbonyl (C=O) groups is 1. The minimum absolute atomic E-state index is 0.0458. The second-order valence-electron chi connectivity index (χ2n) is 4.68. The van der Waals surface area contributed by atoms with E-state index in [4.69, 9.17) is 5.73 Å². The topological polar surface area (TPSA) is 43.1 Å². The second kappa shape index (κ2) is 4.79. The fraction of sp³-hybridized carbons (Fsp3) is 0.500. The summed E-state index contributed by atoms with van der Waals surface area (Å²) in [5.74, 6) is 0.282. The van der Waals surface area contributed by atoms with E-state index in [1.165, 1.54) is 24.0 Å². The Labute approximate surface area is 96.8 Å². The summed E-state index contributed by atoms with van der Waals surface area (Å²) in [7, 11) is 0. The highest BCUT2D eigenvalue weighted by Crippen LogP contribution is 2.24. The predicted molar refractivity (Wildman–Crippen MR) is 65.6 cm³/mol. The lowest BCUT2D eigenvalue weighted by Crippen LogP contribution is -2.15. The van der Waals surface area contributed by atoms with Crippen LogP contribution in [0.1, 0.15) is 41.3 Å². The van der Waals surface area contributed by atoms with Crippen LogP contribution in [0.25, 0.3) is 0 Å². The van der Waals surface area contributed by atoms with Crippen LogP contribution in [0.5, 0.6) is 0 Å². The first-order valence-electron chi connectivity index (χ1n) is 6.08. The summed E-state index contributed by atoms with van der Waals surface area (Å²) >= 11 is 0. The largest absolute Gasteiger partial charge is 0.330 e. The van der Waals surface area contributed by atoms with E-state index in [-0.39, 0.29) is 11.7 Å². The number of carbonyl (C=O) groups excluding carboxylic acids is 1. The van der Waals surface area contributed by atoms with Gasteiger partial charge in [-0.2, -0.15) is 0 Å². The van der Waals surface area contributed by atoms with E-state index in [9.17, 15) is 4.79 Å². The van der Waals surface area contributed by atoms with Crippen LogP contribution in [0, 0.1) is 5.92 Å². The van der Waals surface area contributed by atoms with Crippen LogP contribution < -0.4 is 5.73 Å². The lowest BCUT2D eigenvalue weighted by atomic mass is 9.94. The first-order valence-corrected chi connectivity index (χ1v) is 6.08. The maximum absolute atomic E-state index is 12.1. The van der Waals surface area contributed by atoms with Crippen LogP contribution in [0.2, 0.25) is 0 Å². The molecule has 0 fully saturated rings. The Bertz CT molecular complexity index is 398. The maximum atomic E-state index is 12.1. The highest BCUT2D eigenvalue weighted by atomic mass is 16.1. The third-order valence-corrected chi connectivity index (χ3v) is 3.43. The zero-order valence-corrected chi connectivity index (χ0v) is 9.83. The van der Waals surface area contributed by atoms with Crippen molar-refractivity contribution in [2.75, 3.05) is 6.54 Å². The van der Waals surface area contributed by atoms with Gasteiger partial charge in [-0.15, -0.1) is 0 Å². The molecule has 0 aliphatic heterocycles. The monoisotopic (exact) mass is 217 g/mol. The van der Waals surface area contributed by atoms with Crippen molar-refractivity contribution in [2.45, 2.75) is 32.6 Å². The van der Waals surface area contributed by atoms with Crippen LogP contribution >= 0.6 is 0 Å². The molecule has 1 aromatic rings. The summed E-state index contributed by atoms with van der Waals surface area (Å²) < 4.78 is 0. The summed E-state index contributed by atoms with van der Waals surface area (Å²) in [6.45, 7) is 2.54. The van der Waals surface area contributed by atoms with Crippen molar-refractivity contribution in [3.63, 3.8) is 0 Å². The summed E-state index contributed by atoms with van der Waals surface area (Å²) in [5.41, 5.74) is 9.13. The molecule has 1 aliphatic rings. The third kappa shape index (κ3) is 2.17. The van der Waals surface area contributed by atoms with Gasteiger partial charge in [-0.05, 0) is 49.4 Å². The van der Waals surface area contributed by atoms with Crippen molar-refractivity contribution in [1.29, 1.82) is 0 Å². The highest BCUT2D eigenvalue weighted by molar-refractivity contribution is 5.97. The smallest absolute Gasteiger partial charge is 0.165 e. The number of rotatable bonds is 4. The van der Waals surface area contributed by atoms with Gasteiger partial charge in [0.05, 0.1) is 0 Å². The van der Waals surface area contributed by atoms with Gasteiger partial charge in [-0.1, -0.05) is 19.1 Å². The minimum Gasteiger partial charge on any atom is -0.330 e. The van der Waals surface area contributed by atoms with Gasteiger partial charge in [0, 0.05) is 11.5 Å². The Hall–Kier alpha value is -1.15. The zero-order chi connectivity index (χ0) is 11.5. The van der Waals surface area contributed by atoms with Crippen molar-refractivity contribution < 1.29 is 4.79 Å². The van der Waals surface area contributed by atoms with E-state index < -0.39 is 0 Å². The number of hydrogen-bond donors (Lipinski definition) is 1. The summed E-state index contributed by atoms with van der Waals surface area (Å²) in [4.78, 5) is 12.1. The molecule has 1 unspecified atom stereocenters. The van der Waals surface area contributed by atoms with E-state index in [2.05, 4.69) is 12.1 Å². The van der Waals surface area contributed by atoms with Crippen LogP contribution in [0.4, 0.5) is 0 Å². The Morgan fingerprint density at radius 3 is 2.88 bits per heavy atom. The molecular weight excluding hydrogens is 198 g/mol. The van der Waals surface area contributed by atoms with Crippen molar-refractivity contribution in [3.8, 4) is 0 Å². The number of benzene rings is 1. The SMILES string of the molecule is CC(CCN)C(=O)c1ccc2c(c1)CCC2. The molecule has 1 aliphatic carbocycles. The highest BCUT2D eigenvalue weighted by Gasteiger charge is 2.17. The average molecular weight is 217 g/mol. The molecule has 1 atom stereocenters. The van der Waals surface area contributed by atoms with Gasteiger partial charge in [0.25, 0.3) is 0 Å². The van der Waals surface area contributed by atoms with Gasteiger partial charge in [0.15, 0.2) is 5.78 Å². The Morgan fingerprint density at radius 2 is 2.12 bits per heavy atom. The number of aryl methyl sites for hydroxylation is 2. The lowest BCUT2D eigenvalue weighted by molar-refractivity contribution is 0.0925. The zero-order valence-electron chi connectivity index (χ0n) is 9.83. The Balaban J connectivity index is 2.18. The first kappa shape index (κ1) is 11.3. The van der Waals surface area contributed by atoms with Gasteiger partial charge >= 0.3 is 0 Å². The maximum Gasteiger partial charge on any atom is 0.165 e. The standard InChI is InChI=1S/C14H19NO/c1-10(7-8-15)14(16)13-6-5-11-3-2-4-12(11)9-13/h5-6,9-10H,2-4,7-8,15H2,1H3. The first-order chi connectivity index (χ1) is 7.72. The number of ketones is 1. The molecule has 16 heavy (non-hydrogen) atoms.